The van der Waals surface area contributed by atoms with Crippen molar-refractivity contribution in [3.8, 4) is 0 Å². The predicted molar refractivity (Wildman–Crippen MR) is 52.0 cm³/mol. The second-order valence-electron chi connectivity index (χ2n) is 3.98. The van der Waals surface area contributed by atoms with Crippen LogP contribution in [0.1, 0.15) is 40.2 Å². The zero-order chi connectivity index (χ0) is 9.54. The average Bonchev–Trinajstić information content (AvgIpc) is 2.57. The van der Waals surface area contributed by atoms with Crippen LogP contribution in [-0.4, -0.2) is 10.9 Å². The highest BCUT2D eigenvalue weighted by molar-refractivity contribution is 5.97. The summed E-state index contributed by atoms with van der Waals surface area (Å²) in [7, 11) is 0. The van der Waals surface area contributed by atoms with E-state index in [1.807, 2.05) is 6.07 Å². The number of fused-ring (bicyclic) bond motifs is 2. The molecule has 14 heavy (non-hydrogen) atoms. The number of pyridine rings is 1. The van der Waals surface area contributed by atoms with E-state index in [2.05, 4.69) is 10.3 Å². The van der Waals surface area contributed by atoms with Gasteiger partial charge in [-0.05, 0) is 37.3 Å². The summed E-state index contributed by atoms with van der Waals surface area (Å²) in [5.74, 6) is 0.0425. The van der Waals surface area contributed by atoms with E-state index in [4.69, 9.17) is 0 Å². The van der Waals surface area contributed by atoms with Gasteiger partial charge in [-0.3, -0.25) is 9.78 Å². The number of hydrogen-bond acceptors (Lipinski definition) is 2. The molecule has 72 valence electrons. The van der Waals surface area contributed by atoms with Gasteiger partial charge in [-0.15, -0.1) is 0 Å². The molecule has 1 amide bonds. The molecule has 0 saturated heterocycles. The molecule has 2 heterocycles. The van der Waals surface area contributed by atoms with Crippen LogP contribution in [0.15, 0.2) is 6.07 Å². The van der Waals surface area contributed by atoms with Crippen LogP contribution in [0.4, 0.5) is 0 Å². The fourth-order valence-corrected chi connectivity index (χ4v) is 2.27. The van der Waals surface area contributed by atoms with Crippen LogP contribution < -0.4 is 5.32 Å². The summed E-state index contributed by atoms with van der Waals surface area (Å²) in [6.45, 7) is 0.613. The summed E-state index contributed by atoms with van der Waals surface area (Å²) in [6, 6.07) is 2.04. The zero-order valence-electron chi connectivity index (χ0n) is 7.97. The van der Waals surface area contributed by atoms with Crippen LogP contribution in [0.2, 0.25) is 0 Å². The van der Waals surface area contributed by atoms with Gasteiger partial charge in [0.05, 0.1) is 17.8 Å². The molecule has 1 aliphatic carbocycles. The Hall–Kier alpha value is -1.38. The Morgan fingerprint density at radius 2 is 2.07 bits per heavy atom. The largest absolute Gasteiger partial charge is 0.346 e. The predicted octanol–water partition coefficient (Wildman–Crippen LogP) is 1.20. The molecule has 3 nitrogen and oxygen atoms in total. The Morgan fingerprint density at radius 3 is 3.00 bits per heavy atom. The van der Waals surface area contributed by atoms with Gasteiger partial charge in [-0.25, -0.2) is 0 Å². The number of aryl methyl sites for hydroxylation is 2. The van der Waals surface area contributed by atoms with Gasteiger partial charge in [0, 0.05) is 5.69 Å². The SMILES string of the molecule is O=C1NCc2nc3c(cc21)CCCC3. The molecule has 0 unspecified atom stereocenters. The molecule has 0 atom stereocenters. The summed E-state index contributed by atoms with van der Waals surface area (Å²) in [5.41, 5.74) is 4.24. The third-order valence-electron chi connectivity index (χ3n) is 3.04. The van der Waals surface area contributed by atoms with Crippen molar-refractivity contribution in [1.29, 1.82) is 0 Å². The van der Waals surface area contributed by atoms with Crippen molar-refractivity contribution in [2.45, 2.75) is 32.2 Å². The van der Waals surface area contributed by atoms with Crippen molar-refractivity contribution in [2.75, 3.05) is 0 Å². The van der Waals surface area contributed by atoms with Gasteiger partial charge >= 0.3 is 0 Å². The summed E-state index contributed by atoms with van der Waals surface area (Å²) in [5, 5.41) is 2.81. The van der Waals surface area contributed by atoms with Crippen LogP contribution >= 0.6 is 0 Å². The van der Waals surface area contributed by atoms with E-state index in [0.717, 1.165) is 24.1 Å². The Bertz CT molecular complexity index is 412. The molecule has 0 spiro atoms. The maximum absolute atomic E-state index is 11.4. The summed E-state index contributed by atoms with van der Waals surface area (Å²) >= 11 is 0. The fraction of sp³-hybridized carbons (Fsp3) is 0.455. The number of carbonyl (C=O) groups excluding carboxylic acids is 1. The number of hydrogen-bond donors (Lipinski definition) is 1. The van der Waals surface area contributed by atoms with Gasteiger partial charge in [-0.1, -0.05) is 0 Å². The van der Waals surface area contributed by atoms with Gasteiger partial charge in [0.1, 0.15) is 0 Å². The lowest BCUT2D eigenvalue weighted by atomic mass is 9.94. The van der Waals surface area contributed by atoms with E-state index >= 15 is 0 Å². The van der Waals surface area contributed by atoms with Crippen molar-refractivity contribution < 1.29 is 4.79 Å². The third kappa shape index (κ3) is 1.05. The third-order valence-corrected chi connectivity index (χ3v) is 3.04. The Labute approximate surface area is 82.5 Å². The minimum Gasteiger partial charge on any atom is -0.346 e. The Balaban J connectivity index is 2.15. The van der Waals surface area contributed by atoms with E-state index < -0.39 is 0 Å². The molecular weight excluding hydrogens is 176 g/mol. The van der Waals surface area contributed by atoms with E-state index in [9.17, 15) is 4.79 Å². The first-order chi connectivity index (χ1) is 6.84. The molecule has 1 aromatic rings. The van der Waals surface area contributed by atoms with Crippen molar-refractivity contribution in [3.63, 3.8) is 0 Å². The summed E-state index contributed by atoms with van der Waals surface area (Å²) < 4.78 is 0. The average molecular weight is 188 g/mol. The van der Waals surface area contributed by atoms with Crippen molar-refractivity contribution >= 4 is 5.91 Å². The van der Waals surface area contributed by atoms with Crippen LogP contribution in [-0.2, 0) is 19.4 Å². The summed E-state index contributed by atoms with van der Waals surface area (Å²) in [6.07, 6.45) is 4.63. The standard InChI is InChI=1S/C11H12N2O/c14-11-8-5-7-3-1-2-4-9(7)13-10(8)6-12-11/h5H,1-4,6H2,(H,12,14). The normalized spacial score (nSPS) is 18.7. The quantitative estimate of drug-likeness (QED) is 0.664. The summed E-state index contributed by atoms with van der Waals surface area (Å²) in [4.78, 5) is 16.0. The fourth-order valence-electron chi connectivity index (χ4n) is 2.27. The molecule has 0 bridgehead atoms. The minimum absolute atomic E-state index is 0.0425. The van der Waals surface area contributed by atoms with E-state index in [-0.39, 0.29) is 5.91 Å². The van der Waals surface area contributed by atoms with Crippen LogP contribution in [0.3, 0.4) is 0 Å². The molecule has 0 saturated carbocycles. The number of carbonyl (C=O) groups is 1. The number of nitrogens with one attached hydrogen (secondary N) is 1. The maximum Gasteiger partial charge on any atom is 0.253 e. The molecule has 3 rings (SSSR count). The first-order valence-electron chi connectivity index (χ1n) is 5.14. The van der Waals surface area contributed by atoms with E-state index in [1.165, 1.54) is 24.1 Å². The highest BCUT2D eigenvalue weighted by Crippen LogP contribution is 2.24. The second-order valence-corrected chi connectivity index (χ2v) is 3.98. The van der Waals surface area contributed by atoms with E-state index in [0.29, 0.717) is 6.54 Å². The molecule has 1 aliphatic heterocycles. The lowest BCUT2D eigenvalue weighted by Gasteiger charge is -2.15. The number of nitrogens with zero attached hydrogens (tertiary/aromatic N) is 1. The lowest BCUT2D eigenvalue weighted by Crippen LogP contribution is -2.12. The number of aromatic nitrogens is 1. The maximum atomic E-state index is 11.4. The Kier molecular flexibility index (Phi) is 1.60. The molecule has 1 N–H and O–H groups in total. The molecular formula is C11H12N2O. The van der Waals surface area contributed by atoms with Crippen LogP contribution in [0.25, 0.3) is 0 Å². The van der Waals surface area contributed by atoms with Gasteiger partial charge in [0.15, 0.2) is 0 Å². The lowest BCUT2D eigenvalue weighted by molar-refractivity contribution is 0.0965. The second kappa shape index (κ2) is 2.80. The number of amides is 1. The monoisotopic (exact) mass is 188 g/mol. The molecule has 0 radical (unpaired) electrons. The zero-order valence-corrected chi connectivity index (χ0v) is 7.97. The molecule has 0 aromatic carbocycles. The number of rotatable bonds is 0. The molecule has 2 aliphatic rings. The van der Waals surface area contributed by atoms with Crippen molar-refractivity contribution in [3.05, 3.63) is 28.6 Å². The van der Waals surface area contributed by atoms with Gasteiger partial charge in [-0.2, -0.15) is 0 Å². The first-order valence-corrected chi connectivity index (χ1v) is 5.14. The highest BCUT2D eigenvalue weighted by Gasteiger charge is 2.23. The van der Waals surface area contributed by atoms with Crippen molar-refractivity contribution in [1.82, 2.24) is 10.3 Å². The molecule has 0 fully saturated rings. The van der Waals surface area contributed by atoms with Crippen molar-refractivity contribution in [2.24, 2.45) is 0 Å². The van der Waals surface area contributed by atoms with Crippen LogP contribution in [0.5, 0.6) is 0 Å². The highest BCUT2D eigenvalue weighted by atomic mass is 16.1. The first kappa shape index (κ1) is 7.97. The topological polar surface area (TPSA) is 42.0 Å². The van der Waals surface area contributed by atoms with Gasteiger partial charge < -0.3 is 5.32 Å². The van der Waals surface area contributed by atoms with Gasteiger partial charge in [0.2, 0.25) is 0 Å². The van der Waals surface area contributed by atoms with E-state index in [1.54, 1.807) is 0 Å². The van der Waals surface area contributed by atoms with Crippen LogP contribution in [0, 0.1) is 0 Å². The molecule has 3 heteroatoms. The Morgan fingerprint density at radius 1 is 1.21 bits per heavy atom. The minimum atomic E-state index is 0.0425. The molecule has 1 aromatic heterocycles. The smallest absolute Gasteiger partial charge is 0.253 e. The van der Waals surface area contributed by atoms with Gasteiger partial charge in [0.25, 0.3) is 5.91 Å².